The number of rotatable bonds is 6. The third-order valence-electron chi connectivity index (χ3n) is 6.76. The first-order chi connectivity index (χ1) is 15.1. The molecule has 3 fully saturated rings. The van der Waals surface area contributed by atoms with Gasteiger partial charge >= 0.3 is 0 Å². The summed E-state index contributed by atoms with van der Waals surface area (Å²) in [6.45, 7) is 2.69. The molecular formula is C24H34N2O4S. The molecule has 0 radical (unpaired) electrons. The SMILES string of the molecule is CN(C(=O)CSc1ccccc1C(=O)N1CCCC(C2OCCO2)C1)C1CCCCC1. The first kappa shape index (κ1) is 22.6. The van der Waals surface area contributed by atoms with E-state index in [0.717, 1.165) is 37.1 Å². The largest absolute Gasteiger partial charge is 0.350 e. The van der Waals surface area contributed by atoms with Crippen LogP contribution in [0.5, 0.6) is 0 Å². The third-order valence-corrected chi connectivity index (χ3v) is 7.82. The van der Waals surface area contributed by atoms with E-state index in [1.165, 1.54) is 31.0 Å². The van der Waals surface area contributed by atoms with Crippen molar-refractivity contribution in [3.05, 3.63) is 29.8 Å². The Morgan fingerprint density at radius 2 is 1.81 bits per heavy atom. The van der Waals surface area contributed by atoms with Crippen LogP contribution < -0.4 is 0 Å². The Balaban J connectivity index is 1.37. The van der Waals surface area contributed by atoms with Crippen LogP contribution in [0.2, 0.25) is 0 Å². The summed E-state index contributed by atoms with van der Waals surface area (Å²) in [5.41, 5.74) is 0.689. The van der Waals surface area contributed by atoms with Crippen molar-refractivity contribution in [2.75, 3.05) is 39.1 Å². The lowest BCUT2D eigenvalue weighted by atomic mass is 9.94. The van der Waals surface area contributed by atoms with Gasteiger partial charge in [-0.05, 0) is 37.8 Å². The van der Waals surface area contributed by atoms with Crippen LogP contribution in [-0.2, 0) is 14.3 Å². The van der Waals surface area contributed by atoms with Gasteiger partial charge in [0, 0.05) is 37.0 Å². The molecule has 0 N–H and O–H groups in total. The lowest BCUT2D eigenvalue weighted by Crippen LogP contribution is -2.44. The van der Waals surface area contributed by atoms with Gasteiger partial charge < -0.3 is 19.3 Å². The Kier molecular flexibility index (Phi) is 7.91. The van der Waals surface area contributed by atoms with Crippen molar-refractivity contribution in [2.24, 2.45) is 5.92 Å². The minimum atomic E-state index is -0.187. The van der Waals surface area contributed by atoms with Crippen molar-refractivity contribution >= 4 is 23.6 Å². The number of hydrogen-bond donors (Lipinski definition) is 0. The molecule has 0 bridgehead atoms. The molecule has 1 aliphatic carbocycles. The molecule has 7 heteroatoms. The van der Waals surface area contributed by atoms with Gasteiger partial charge in [-0.3, -0.25) is 9.59 Å². The van der Waals surface area contributed by atoms with Gasteiger partial charge in [0.05, 0.1) is 24.5 Å². The maximum Gasteiger partial charge on any atom is 0.255 e. The van der Waals surface area contributed by atoms with E-state index in [1.54, 1.807) is 0 Å². The minimum Gasteiger partial charge on any atom is -0.350 e. The molecule has 1 aromatic rings. The summed E-state index contributed by atoms with van der Waals surface area (Å²) in [5, 5.41) is 0. The highest BCUT2D eigenvalue weighted by Crippen LogP contribution is 2.29. The number of carbonyl (C=O) groups is 2. The van der Waals surface area contributed by atoms with E-state index in [2.05, 4.69) is 0 Å². The van der Waals surface area contributed by atoms with E-state index in [-0.39, 0.29) is 24.0 Å². The van der Waals surface area contributed by atoms with E-state index in [4.69, 9.17) is 9.47 Å². The summed E-state index contributed by atoms with van der Waals surface area (Å²) >= 11 is 1.48. The summed E-state index contributed by atoms with van der Waals surface area (Å²) in [4.78, 5) is 30.8. The summed E-state index contributed by atoms with van der Waals surface area (Å²) in [7, 11) is 1.93. The van der Waals surface area contributed by atoms with Crippen LogP contribution in [-0.4, -0.2) is 73.0 Å². The Labute approximate surface area is 189 Å². The fourth-order valence-corrected chi connectivity index (χ4v) is 5.89. The Bertz CT molecular complexity index is 762. The van der Waals surface area contributed by atoms with Crippen molar-refractivity contribution < 1.29 is 19.1 Å². The summed E-state index contributed by atoms with van der Waals surface area (Å²) in [5.74, 6) is 0.779. The fourth-order valence-electron chi connectivity index (χ4n) is 4.92. The minimum absolute atomic E-state index is 0.0406. The standard InChI is InChI=1S/C24H34N2O4S/c1-25(19-9-3-2-4-10-19)22(27)17-31-21-12-6-5-11-20(21)23(28)26-13-7-8-18(16-26)24-29-14-15-30-24/h5-6,11-12,18-19,24H,2-4,7-10,13-17H2,1H3. The molecule has 4 rings (SSSR count). The zero-order valence-corrected chi connectivity index (χ0v) is 19.3. The average Bonchev–Trinajstić information content (AvgIpc) is 3.37. The number of ether oxygens (including phenoxy) is 2. The number of likely N-dealkylation sites (tertiary alicyclic amines) is 1. The molecular weight excluding hydrogens is 412 g/mol. The molecule has 1 aromatic carbocycles. The molecule has 2 amide bonds. The van der Waals surface area contributed by atoms with E-state index in [0.29, 0.717) is 37.1 Å². The van der Waals surface area contributed by atoms with Gasteiger partial charge in [-0.2, -0.15) is 0 Å². The van der Waals surface area contributed by atoms with Gasteiger partial charge in [-0.15, -0.1) is 11.8 Å². The number of amides is 2. The molecule has 6 nitrogen and oxygen atoms in total. The Morgan fingerprint density at radius 3 is 2.58 bits per heavy atom. The second-order valence-corrected chi connectivity index (χ2v) is 9.86. The molecule has 3 aliphatic rings. The zero-order chi connectivity index (χ0) is 21.6. The maximum atomic E-state index is 13.3. The van der Waals surface area contributed by atoms with Gasteiger partial charge in [-0.1, -0.05) is 31.4 Å². The van der Waals surface area contributed by atoms with Crippen molar-refractivity contribution in [2.45, 2.75) is 62.2 Å². The van der Waals surface area contributed by atoms with Crippen LogP contribution in [0.3, 0.4) is 0 Å². The van der Waals surface area contributed by atoms with E-state index in [9.17, 15) is 9.59 Å². The molecule has 1 saturated carbocycles. The second-order valence-electron chi connectivity index (χ2n) is 8.84. The molecule has 2 saturated heterocycles. The first-order valence-corrected chi connectivity index (χ1v) is 12.6. The monoisotopic (exact) mass is 446 g/mol. The van der Waals surface area contributed by atoms with Gasteiger partial charge in [0.2, 0.25) is 5.91 Å². The molecule has 31 heavy (non-hydrogen) atoms. The van der Waals surface area contributed by atoms with Crippen molar-refractivity contribution in [3.63, 3.8) is 0 Å². The van der Waals surface area contributed by atoms with Gasteiger partial charge in [0.15, 0.2) is 6.29 Å². The highest BCUT2D eigenvalue weighted by atomic mass is 32.2. The van der Waals surface area contributed by atoms with E-state index in [1.807, 2.05) is 41.1 Å². The third kappa shape index (κ3) is 5.62. The highest BCUT2D eigenvalue weighted by molar-refractivity contribution is 8.00. The van der Waals surface area contributed by atoms with Crippen LogP contribution in [0, 0.1) is 5.92 Å². The van der Waals surface area contributed by atoms with Crippen molar-refractivity contribution in [1.82, 2.24) is 9.80 Å². The average molecular weight is 447 g/mol. The number of piperidine rings is 1. The molecule has 2 heterocycles. The number of hydrogen-bond acceptors (Lipinski definition) is 5. The summed E-state index contributed by atoms with van der Waals surface area (Å²) < 4.78 is 11.4. The Morgan fingerprint density at radius 1 is 1.06 bits per heavy atom. The van der Waals surface area contributed by atoms with Gasteiger partial charge in [-0.25, -0.2) is 0 Å². The highest BCUT2D eigenvalue weighted by Gasteiger charge is 2.33. The van der Waals surface area contributed by atoms with Crippen LogP contribution in [0.1, 0.15) is 55.3 Å². The number of thioether (sulfide) groups is 1. The van der Waals surface area contributed by atoms with Crippen LogP contribution in [0.4, 0.5) is 0 Å². The van der Waals surface area contributed by atoms with Crippen molar-refractivity contribution in [1.29, 1.82) is 0 Å². The lowest BCUT2D eigenvalue weighted by molar-refractivity contribution is -0.129. The number of carbonyl (C=O) groups excluding carboxylic acids is 2. The topological polar surface area (TPSA) is 59.1 Å². The quantitative estimate of drug-likeness (QED) is 0.622. The van der Waals surface area contributed by atoms with Crippen LogP contribution in [0.25, 0.3) is 0 Å². The van der Waals surface area contributed by atoms with Gasteiger partial charge in [0.25, 0.3) is 5.91 Å². The van der Waals surface area contributed by atoms with Gasteiger partial charge in [0.1, 0.15) is 0 Å². The number of benzene rings is 1. The summed E-state index contributed by atoms with van der Waals surface area (Å²) in [6, 6.07) is 8.04. The lowest BCUT2D eigenvalue weighted by Gasteiger charge is -2.35. The molecule has 1 unspecified atom stereocenters. The maximum absolute atomic E-state index is 13.3. The molecule has 0 aromatic heterocycles. The predicted octanol–water partition coefficient (Wildman–Crippen LogP) is 3.79. The number of nitrogens with zero attached hydrogens (tertiary/aromatic N) is 2. The van der Waals surface area contributed by atoms with Crippen molar-refractivity contribution in [3.8, 4) is 0 Å². The molecule has 2 aliphatic heterocycles. The molecule has 1 atom stereocenters. The van der Waals surface area contributed by atoms with Crippen LogP contribution in [0.15, 0.2) is 29.2 Å². The van der Waals surface area contributed by atoms with E-state index >= 15 is 0 Å². The van der Waals surface area contributed by atoms with Crippen LogP contribution >= 0.6 is 11.8 Å². The zero-order valence-electron chi connectivity index (χ0n) is 18.5. The normalized spacial score (nSPS) is 23.1. The van der Waals surface area contributed by atoms with E-state index < -0.39 is 0 Å². The Hall–Kier alpha value is -1.57. The smallest absolute Gasteiger partial charge is 0.255 e. The second kappa shape index (κ2) is 10.8. The molecule has 0 spiro atoms. The predicted molar refractivity (Wildman–Crippen MR) is 121 cm³/mol. The first-order valence-electron chi connectivity index (χ1n) is 11.6. The fraction of sp³-hybridized carbons (Fsp3) is 0.667. The molecule has 170 valence electrons. The summed E-state index contributed by atoms with van der Waals surface area (Å²) in [6.07, 6.45) is 7.69.